The van der Waals surface area contributed by atoms with E-state index < -0.39 is 0 Å². The Bertz CT molecular complexity index is 390. The summed E-state index contributed by atoms with van der Waals surface area (Å²) >= 11 is 11.2. The Morgan fingerprint density at radius 1 is 1.33 bits per heavy atom. The summed E-state index contributed by atoms with van der Waals surface area (Å²) in [6, 6.07) is 5.79. The number of nitrogens with zero attached hydrogens (tertiary/aromatic N) is 1. The van der Waals surface area contributed by atoms with Crippen LogP contribution in [0.25, 0.3) is 0 Å². The number of benzene rings is 1. The first kappa shape index (κ1) is 11.5. The molecule has 2 nitrogen and oxygen atoms in total. The van der Waals surface area contributed by atoms with Crippen molar-refractivity contribution in [3.8, 4) is 0 Å². The fourth-order valence-electron chi connectivity index (χ4n) is 1.65. The molecular formula is C10H9Br2NOS. The number of carbonyl (C=O) groups is 1. The largest absolute Gasteiger partial charge is 0.309 e. The highest BCUT2D eigenvalue weighted by Gasteiger charge is 2.30. The smallest absolute Gasteiger partial charge is 0.228 e. The highest BCUT2D eigenvalue weighted by atomic mass is 79.9. The maximum absolute atomic E-state index is 11.7. The zero-order chi connectivity index (χ0) is 11.0. The summed E-state index contributed by atoms with van der Waals surface area (Å²) in [5.74, 6) is 0.127. The molecule has 0 aromatic heterocycles. The van der Waals surface area contributed by atoms with Gasteiger partial charge in [0.05, 0.1) is 5.69 Å². The second-order valence-corrected chi connectivity index (χ2v) is 5.87. The third kappa shape index (κ3) is 2.24. The Kier molecular flexibility index (Phi) is 3.42. The van der Waals surface area contributed by atoms with E-state index in [1.165, 1.54) is 0 Å². The molecule has 1 aromatic rings. The van der Waals surface area contributed by atoms with E-state index in [1.54, 1.807) is 4.90 Å². The van der Waals surface area contributed by atoms with Gasteiger partial charge in [-0.2, -0.15) is 12.6 Å². The van der Waals surface area contributed by atoms with Crippen molar-refractivity contribution in [1.29, 1.82) is 0 Å². The molecule has 1 fully saturated rings. The van der Waals surface area contributed by atoms with Gasteiger partial charge in [0, 0.05) is 27.2 Å². The summed E-state index contributed by atoms with van der Waals surface area (Å²) in [7, 11) is 0. The van der Waals surface area contributed by atoms with Gasteiger partial charge in [0.15, 0.2) is 0 Å². The van der Waals surface area contributed by atoms with Crippen molar-refractivity contribution in [2.75, 3.05) is 11.4 Å². The molecule has 0 radical (unpaired) electrons. The van der Waals surface area contributed by atoms with E-state index in [-0.39, 0.29) is 11.2 Å². The van der Waals surface area contributed by atoms with E-state index in [1.807, 2.05) is 18.2 Å². The van der Waals surface area contributed by atoms with Gasteiger partial charge in [0.25, 0.3) is 0 Å². The predicted octanol–water partition coefficient (Wildman–Crippen LogP) is 3.25. The third-order valence-corrected chi connectivity index (χ3v) is 3.94. The summed E-state index contributed by atoms with van der Waals surface area (Å²) in [5, 5.41) is 0.136. The minimum atomic E-state index is 0.127. The molecule has 1 heterocycles. The van der Waals surface area contributed by atoms with Gasteiger partial charge in [-0.25, -0.2) is 0 Å². The predicted molar refractivity (Wildman–Crippen MR) is 71.6 cm³/mol. The lowest BCUT2D eigenvalue weighted by atomic mass is 10.3. The molecule has 0 saturated carbocycles. The van der Waals surface area contributed by atoms with Crippen LogP contribution in [0.4, 0.5) is 5.69 Å². The Hall–Kier alpha value is -0.000000000000000111. The summed E-state index contributed by atoms with van der Waals surface area (Å²) in [6.07, 6.45) is 0.511. The van der Waals surface area contributed by atoms with Crippen LogP contribution >= 0.6 is 44.5 Å². The summed E-state index contributed by atoms with van der Waals surface area (Å²) < 4.78 is 1.85. The van der Waals surface area contributed by atoms with Crippen LogP contribution in [0.15, 0.2) is 27.1 Å². The highest BCUT2D eigenvalue weighted by Crippen LogP contribution is 2.36. The molecule has 15 heavy (non-hydrogen) atoms. The number of carbonyl (C=O) groups excluding carboxylic acids is 1. The number of amides is 1. The van der Waals surface area contributed by atoms with E-state index in [9.17, 15) is 4.79 Å². The molecule has 0 aliphatic carbocycles. The van der Waals surface area contributed by atoms with Crippen LogP contribution in [-0.4, -0.2) is 17.7 Å². The standard InChI is InChI=1S/C10H9Br2NOS/c11-7-2-1-3-8(12)10(7)13-5-6(15)4-9(13)14/h1-3,6,15H,4-5H2. The fraction of sp³-hybridized carbons (Fsp3) is 0.300. The molecule has 1 aliphatic heterocycles. The zero-order valence-corrected chi connectivity index (χ0v) is 11.8. The zero-order valence-electron chi connectivity index (χ0n) is 7.78. The highest BCUT2D eigenvalue weighted by molar-refractivity contribution is 9.11. The van der Waals surface area contributed by atoms with Crippen molar-refractivity contribution in [1.82, 2.24) is 0 Å². The van der Waals surface area contributed by atoms with E-state index in [4.69, 9.17) is 0 Å². The quantitative estimate of drug-likeness (QED) is 0.771. The molecule has 1 aliphatic rings. The number of rotatable bonds is 1. The SMILES string of the molecule is O=C1CC(S)CN1c1c(Br)cccc1Br. The second kappa shape index (κ2) is 4.47. The van der Waals surface area contributed by atoms with Crippen molar-refractivity contribution < 1.29 is 4.79 Å². The van der Waals surface area contributed by atoms with Crippen molar-refractivity contribution in [2.24, 2.45) is 0 Å². The van der Waals surface area contributed by atoms with Gasteiger partial charge in [-0.05, 0) is 44.0 Å². The van der Waals surface area contributed by atoms with Crippen molar-refractivity contribution >= 4 is 56.1 Å². The summed E-state index contributed by atoms with van der Waals surface area (Å²) in [5.41, 5.74) is 0.902. The molecule has 2 rings (SSSR count). The lowest BCUT2D eigenvalue weighted by Crippen LogP contribution is -2.25. The molecule has 80 valence electrons. The maximum atomic E-state index is 11.7. The average molecular weight is 351 g/mol. The molecule has 0 bridgehead atoms. The second-order valence-electron chi connectivity index (χ2n) is 3.43. The van der Waals surface area contributed by atoms with Crippen molar-refractivity contribution in [3.63, 3.8) is 0 Å². The minimum Gasteiger partial charge on any atom is -0.309 e. The molecule has 0 N–H and O–H groups in total. The van der Waals surface area contributed by atoms with Crippen LogP contribution in [0, 0.1) is 0 Å². The van der Waals surface area contributed by atoms with Gasteiger partial charge in [-0.3, -0.25) is 4.79 Å². The van der Waals surface area contributed by atoms with Crippen LogP contribution in [0.1, 0.15) is 6.42 Å². The molecule has 0 spiro atoms. The average Bonchev–Trinajstić information content (AvgIpc) is 2.45. The Morgan fingerprint density at radius 2 is 1.93 bits per heavy atom. The monoisotopic (exact) mass is 349 g/mol. The van der Waals surface area contributed by atoms with E-state index >= 15 is 0 Å². The number of hydrogen-bond acceptors (Lipinski definition) is 2. The number of halogens is 2. The van der Waals surface area contributed by atoms with Crippen LogP contribution in [0.2, 0.25) is 0 Å². The lowest BCUT2D eigenvalue weighted by Gasteiger charge is -2.19. The van der Waals surface area contributed by atoms with Crippen molar-refractivity contribution in [3.05, 3.63) is 27.1 Å². The van der Waals surface area contributed by atoms with Gasteiger partial charge >= 0.3 is 0 Å². The van der Waals surface area contributed by atoms with Gasteiger partial charge in [0.1, 0.15) is 0 Å². The topological polar surface area (TPSA) is 20.3 Å². The minimum absolute atomic E-state index is 0.127. The van der Waals surface area contributed by atoms with Crippen LogP contribution in [0.5, 0.6) is 0 Å². The normalized spacial score (nSPS) is 21.1. The van der Waals surface area contributed by atoms with Crippen LogP contribution in [-0.2, 0) is 4.79 Å². The molecule has 1 atom stereocenters. The number of anilines is 1. The van der Waals surface area contributed by atoms with Gasteiger partial charge in [-0.15, -0.1) is 0 Å². The first-order chi connectivity index (χ1) is 7.09. The van der Waals surface area contributed by atoms with E-state index in [0.717, 1.165) is 14.6 Å². The van der Waals surface area contributed by atoms with Gasteiger partial charge in [0.2, 0.25) is 5.91 Å². The first-order valence-electron chi connectivity index (χ1n) is 4.52. The summed E-state index contributed by atoms with van der Waals surface area (Å²) in [4.78, 5) is 13.5. The number of hydrogen-bond donors (Lipinski definition) is 1. The Labute approximate surface area is 111 Å². The maximum Gasteiger partial charge on any atom is 0.228 e. The molecular weight excluding hydrogens is 342 g/mol. The van der Waals surface area contributed by atoms with Crippen LogP contribution in [0.3, 0.4) is 0 Å². The molecule has 1 unspecified atom stereocenters. The molecule has 1 saturated heterocycles. The Balaban J connectivity index is 2.41. The Morgan fingerprint density at radius 3 is 2.40 bits per heavy atom. The summed E-state index contributed by atoms with van der Waals surface area (Å²) in [6.45, 7) is 0.670. The molecule has 1 amide bonds. The van der Waals surface area contributed by atoms with Gasteiger partial charge in [-0.1, -0.05) is 6.07 Å². The third-order valence-electron chi connectivity index (χ3n) is 2.31. The van der Waals surface area contributed by atoms with Gasteiger partial charge < -0.3 is 4.90 Å². The first-order valence-corrected chi connectivity index (χ1v) is 6.62. The van der Waals surface area contributed by atoms with E-state index in [2.05, 4.69) is 44.5 Å². The fourth-order valence-corrected chi connectivity index (χ4v) is 3.40. The number of para-hydroxylation sites is 1. The molecule has 5 heteroatoms. The lowest BCUT2D eigenvalue weighted by molar-refractivity contribution is -0.117. The number of thiol groups is 1. The van der Waals surface area contributed by atoms with Crippen molar-refractivity contribution in [2.45, 2.75) is 11.7 Å². The van der Waals surface area contributed by atoms with E-state index in [0.29, 0.717) is 13.0 Å². The van der Waals surface area contributed by atoms with Crippen LogP contribution < -0.4 is 4.90 Å². The molecule has 1 aromatic carbocycles.